The molecule has 0 radical (unpaired) electrons. The van der Waals surface area contributed by atoms with Crippen LogP contribution in [0.2, 0.25) is 0 Å². The number of hydrogen-bond donors (Lipinski definition) is 2. The molecular weight excluding hydrogens is 317 g/mol. The highest BCUT2D eigenvalue weighted by atomic mass is 19.1. The van der Waals surface area contributed by atoms with Crippen molar-refractivity contribution in [1.29, 1.82) is 0 Å². The predicted octanol–water partition coefficient (Wildman–Crippen LogP) is 1.79. The quantitative estimate of drug-likeness (QED) is 0.889. The van der Waals surface area contributed by atoms with Crippen molar-refractivity contribution in [3.05, 3.63) is 59.4 Å². The Morgan fingerprint density at radius 2 is 1.80 bits per heavy atom. The second-order valence-electron chi connectivity index (χ2n) is 6.69. The van der Waals surface area contributed by atoms with Gasteiger partial charge in [0, 0.05) is 11.4 Å². The summed E-state index contributed by atoms with van der Waals surface area (Å²) in [5.41, 5.74) is 4.58. The number of carbonyl (C=O) groups is 1. The van der Waals surface area contributed by atoms with Gasteiger partial charge in [-0.05, 0) is 55.3 Å². The lowest BCUT2D eigenvalue weighted by Gasteiger charge is -2.34. The fraction of sp³-hybridized carbons (Fsp3) is 0.350. The van der Waals surface area contributed by atoms with Crippen LogP contribution in [0.15, 0.2) is 42.5 Å². The number of rotatable bonds is 4. The van der Waals surface area contributed by atoms with Crippen LogP contribution < -0.4 is 15.1 Å². The number of nitrogens with zero attached hydrogens (tertiary/aromatic N) is 1. The van der Waals surface area contributed by atoms with E-state index in [9.17, 15) is 9.18 Å². The van der Waals surface area contributed by atoms with Crippen LogP contribution in [0.5, 0.6) is 0 Å². The number of amides is 1. The first-order chi connectivity index (χ1) is 12.0. The first-order valence-electron chi connectivity index (χ1n) is 8.73. The van der Waals surface area contributed by atoms with Crippen molar-refractivity contribution >= 4 is 17.3 Å². The lowest BCUT2D eigenvalue weighted by Crippen LogP contribution is -3.15. The largest absolute Gasteiger partial charge is 0.360 e. The number of hydrogen-bond acceptors (Lipinski definition) is 2. The first kappa shape index (κ1) is 17.4. The summed E-state index contributed by atoms with van der Waals surface area (Å²) in [4.78, 5) is 15.9. The van der Waals surface area contributed by atoms with Gasteiger partial charge < -0.3 is 15.1 Å². The summed E-state index contributed by atoms with van der Waals surface area (Å²) in [6, 6.07) is 12.3. The molecule has 1 amide bonds. The molecule has 1 aliphatic rings. The monoisotopic (exact) mass is 342 g/mol. The van der Waals surface area contributed by atoms with Crippen LogP contribution in [-0.4, -0.2) is 38.6 Å². The van der Waals surface area contributed by atoms with Crippen molar-refractivity contribution in [1.82, 2.24) is 0 Å². The zero-order valence-corrected chi connectivity index (χ0v) is 14.8. The van der Waals surface area contributed by atoms with E-state index in [4.69, 9.17) is 0 Å². The molecule has 132 valence electrons. The summed E-state index contributed by atoms with van der Waals surface area (Å²) in [7, 11) is 0. The van der Waals surface area contributed by atoms with Crippen molar-refractivity contribution in [3.63, 3.8) is 0 Å². The van der Waals surface area contributed by atoms with E-state index in [2.05, 4.69) is 42.3 Å². The molecule has 0 atom stereocenters. The molecule has 0 saturated carbocycles. The topological polar surface area (TPSA) is 36.8 Å². The third kappa shape index (κ3) is 4.37. The van der Waals surface area contributed by atoms with E-state index in [0.29, 0.717) is 12.2 Å². The normalized spacial score (nSPS) is 15.2. The highest BCUT2D eigenvalue weighted by Crippen LogP contribution is 2.22. The van der Waals surface area contributed by atoms with Gasteiger partial charge in [0.2, 0.25) is 0 Å². The number of carbonyl (C=O) groups excluding carboxylic acids is 1. The molecule has 0 bridgehead atoms. The SMILES string of the molecule is Cc1cccc(N2CC[NH+](CC(=O)Nc3ccc(F)cc3)CC2)c1C. The molecule has 0 aromatic heterocycles. The Labute approximate surface area is 148 Å². The minimum atomic E-state index is -0.300. The number of anilines is 2. The summed E-state index contributed by atoms with van der Waals surface area (Å²) in [5.74, 6) is -0.326. The van der Waals surface area contributed by atoms with Gasteiger partial charge in [-0.15, -0.1) is 0 Å². The van der Waals surface area contributed by atoms with Crippen molar-refractivity contribution in [2.45, 2.75) is 13.8 Å². The summed E-state index contributed by atoms with van der Waals surface area (Å²) in [5, 5.41) is 2.84. The van der Waals surface area contributed by atoms with E-state index in [1.807, 2.05) is 0 Å². The van der Waals surface area contributed by atoms with Crippen LogP contribution >= 0.6 is 0 Å². The first-order valence-corrected chi connectivity index (χ1v) is 8.73. The van der Waals surface area contributed by atoms with Crippen LogP contribution in [0, 0.1) is 19.7 Å². The molecule has 1 saturated heterocycles. The molecule has 0 spiro atoms. The Hall–Kier alpha value is -2.40. The molecule has 5 heteroatoms. The minimum absolute atomic E-state index is 0.0261. The van der Waals surface area contributed by atoms with Crippen molar-refractivity contribution < 1.29 is 14.1 Å². The van der Waals surface area contributed by atoms with Gasteiger partial charge in [0.1, 0.15) is 5.82 Å². The maximum Gasteiger partial charge on any atom is 0.279 e. The van der Waals surface area contributed by atoms with Gasteiger partial charge in [-0.25, -0.2) is 4.39 Å². The van der Waals surface area contributed by atoms with Crippen LogP contribution in [-0.2, 0) is 4.79 Å². The van der Waals surface area contributed by atoms with Crippen LogP contribution in [0.4, 0.5) is 15.8 Å². The van der Waals surface area contributed by atoms with Crippen molar-refractivity contribution in [3.8, 4) is 0 Å². The summed E-state index contributed by atoms with van der Waals surface area (Å²) >= 11 is 0. The predicted molar refractivity (Wildman–Crippen MR) is 98.7 cm³/mol. The molecule has 1 fully saturated rings. The van der Waals surface area contributed by atoms with E-state index in [-0.39, 0.29) is 11.7 Å². The number of benzene rings is 2. The van der Waals surface area contributed by atoms with Crippen LogP contribution in [0.25, 0.3) is 0 Å². The van der Waals surface area contributed by atoms with Crippen LogP contribution in [0.3, 0.4) is 0 Å². The van der Waals surface area contributed by atoms with Crippen molar-refractivity contribution in [2.24, 2.45) is 0 Å². The average Bonchev–Trinajstić information content (AvgIpc) is 2.60. The number of halogens is 1. The second-order valence-corrected chi connectivity index (χ2v) is 6.69. The summed E-state index contributed by atoms with van der Waals surface area (Å²) < 4.78 is 12.9. The van der Waals surface area contributed by atoms with Gasteiger partial charge in [0.25, 0.3) is 5.91 Å². The molecule has 0 aliphatic carbocycles. The number of nitrogens with one attached hydrogen (secondary N) is 2. The van der Waals surface area contributed by atoms with Gasteiger partial charge in [0.05, 0.1) is 26.2 Å². The Bertz CT molecular complexity index is 737. The van der Waals surface area contributed by atoms with Gasteiger partial charge in [0.15, 0.2) is 6.54 Å². The number of piperazine rings is 1. The van der Waals surface area contributed by atoms with Gasteiger partial charge in [-0.1, -0.05) is 12.1 Å². The van der Waals surface area contributed by atoms with Gasteiger partial charge >= 0.3 is 0 Å². The zero-order valence-electron chi connectivity index (χ0n) is 14.8. The molecule has 1 aliphatic heterocycles. The van der Waals surface area contributed by atoms with Crippen LogP contribution in [0.1, 0.15) is 11.1 Å². The Morgan fingerprint density at radius 3 is 2.48 bits per heavy atom. The summed E-state index contributed by atoms with van der Waals surface area (Å²) in [6.07, 6.45) is 0. The molecule has 4 nitrogen and oxygen atoms in total. The van der Waals surface area contributed by atoms with E-state index in [1.165, 1.54) is 33.8 Å². The summed E-state index contributed by atoms with van der Waals surface area (Å²) in [6.45, 7) is 8.51. The molecule has 1 heterocycles. The van der Waals surface area contributed by atoms with Gasteiger partial charge in [-0.3, -0.25) is 4.79 Å². The fourth-order valence-corrected chi connectivity index (χ4v) is 3.28. The van der Waals surface area contributed by atoms with E-state index in [1.54, 1.807) is 12.1 Å². The lowest BCUT2D eigenvalue weighted by molar-refractivity contribution is -0.892. The highest BCUT2D eigenvalue weighted by molar-refractivity contribution is 5.91. The molecule has 2 N–H and O–H groups in total. The fourth-order valence-electron chi connectivity index (χ4n) is 3.28. The van der Waals surface area contributed by atoms with E-state index >= 15 is 0 Å². The van der Waals surface area contributed by atoms with Crippen molar-refractivity contribution in [2.75, 3.05) is 42.9 Å². The lowest BCUT2D eigenvalue weighted by atomic mass is 10.1. The Kier molecular flexibility index (Phi) is 5.34. The molecule has 2 aromatic rings. The second kappa shape index (κ2) is 7.66. The standard InChI is InChI=1S/C20H24FN3O/c1-15-4-3-5-19(16(15)2)24-12-10-23(11-13-24)14-20(25)22-18-8-6-17(21)7-9-18/h3-9H,10-14H2,1-2H3,(H,22,25)/p+1. The minimum Gasteiger partial charge on any atom is -0.360 e. The third-order valence-corrected chi connectivity index (χ3v) is 4.93. The molecule has 3 rings (SSSR count). The number of quaternary nitrogens is 1. The number of aryl methyl sites for hydroxylation is 1. The highest BCUT2D eigenvalue weighted by Gasteiger charge is 2.23. The average molecular weight is 342 g/mol. The van der Waals surface area contributed by atoms with E-state index in [0.717, 1.165) is 26.2 Å². The maximum atomic E-state index is 12.9. The third-order valence-electron chi connectivity index (χ3n) is 4.93. The van der Waals surface area contributed by atoms with Gasteiger partial charge in [-0.2, -0.15) is 0 Å². The molecule has 2 aromatic carbocycles. The molecule has 25 heavy (non-hydrogen) atoms. The maximum absolute atomic E-state index is 12.9. The zero-order chi connectivity index (χ0) is 17.8. The molecular formula is C20H25FN3O+. The smallest absolute Gasteiger partial charge is 0.279 e. The van der Waals surface area contributed by atoms with E-state index < -0.39 is 0 Å². The Balaban J connectivity index is 1.51. The molecule has 0 unspecified atom stereocenters. The Morgan fingerprint density at radius 1 is 1.12 bits per heavy atom.